The van der Waals surface area contributed by atoms with Crippen molar-refractivity contribution in [3.05, 3.63) is 23.7 Å². The first-order chi connectivity index (χ1) is 8.00. The van der Waals surface area contributed by atoms with Crippen LogP contribution in [-0.4, -0.2) is 23.4 Å². The van der Waals surface area contributed by atoms with E-state index in [-0.39, 0.29) is 11.4 Å². The second-order valence-corrected chi connectivity index (χ2v) is 5.14. The highest BCUT2D eigenvalue weighted by atomic mass is 16.3. The van der Waals surface area contributed by atoms with Gasteiger partial charge in [-0.3, -0.25) is 4.79 Å². The van der Waals surface area contributed by atoms with Crippen LogP contribution in [0, 0.1) is 6.92 Å². The number of nitrogens with two attached hydrogens (primary N) is 1. The fourth-order valence-corrected chi connectivity index (χ4v) is 2.16. The molecule has 1 fully saturated rings. The molecule has 1 aliphatic rings. The Hall–Kier alpha value is -1.29. The third kappa shape index (κ3) is 2.69. The van der Waals surface area contributed by atoms with Crippen LogP contribution in [0.15, 0.2) is 16.7 Å². The quantitative estimate of drug-likeness (QED) is 0.867. The average Bonchev–Trinajstić information content (AvgIpc) is 2.62. The maximum Gasteiger partial charge on any atom is 0.224 e. The van der Waals surface area contributed by atoms with Gasteiger partial charge >= 0.3 is 0 Å². The Kier molecular flexibility index (Phi) is 3.24. The number of rotatable bonds is 4. The molecule has 0 bridgehead atoms. The van der Waals surface area contributed by atoms with E-state index in [0.29, 0.717) is 13.0 Å². The molecule has 0 unspecified atom stereocenters. The molecule has 1 heterocycles. The Labute approximate surface area is 102 Å². The summed E-state index contributed by atoms with van der Waals surface area (Å²) < 4.78 is 5.22. The number of furan rings is 1. The zero-order valence-electron chi connectivity index (χ0n) is 10.5. The predicted octanol–water partition coefficient (Wildman–Crippen LogP) is 1.82. The molecule has 1 aliphatic carbocycles. The minimum Gasteiger partial charge on any atom is -0.469 e. The van der Waals surface area contributed by atoms with Crippen LogP contribution in [0.1, 0.15) is 37.0 Å². The van der Waals surface area contributed by atoms with Crippen LogP contribution in [0.5, 0.6) is 0 Å². The molecular formula is C13H20N2O2. The van der Waals surface area contributed by atoms with Crippen molar-refractivity contribution in [2.75, 3.05) is 7.05 Å². The summed E-state index contributed by atoms with van der Waals surface area (Å²) in [6.45, 7) is 2.50. The Morgan fingerprint density at radius 1 is 1.59 bits per heavy atom. The van der Waals surface area contributed by atoms with Crippen LogP contribution in [0.2, 0.25) is 0 Å². The number of hydrogen-bond acceptors (Lipinski definition) is 3. The fraction of sp³-hybridized carbons (Fsp3) is 0.615. The van der Waals surface area contributed by atoms with Crippen molar-refractivity contribution in [3.8, 4) is 0 Å². The van der Waals surface area contributed by atoms with Crippen LogP contribution in [0.4, 0.5) is 0 Å². The highest BCUT2D eigenvalue weighted by molar-refractivity contribution is 5.77. The van der Waals surface area contributed by atoms with Crippen molar-refractivity contribution in [2.24, 2.45) is 5.73 Å². The fourth-order valence-electron chi connectivity index (χ4n) is 2.16. The van der Waals surface area contributed by atoms with Crippen LogP contribution < -0.4 is 5.73 Å². The minimum atomic E-state index is -0.239. The second-order valence-electron chi connectivity index (χ2n) is 5.14. The first kappa shape index (κ1) is 12.2. The standard InChI is InChI=1S/C13H20N2O2/c1-10-11(4-7-17-10)9-15(2)12(16)8-13(14)5-3-6-13/h4,7H,3,5-6,8-9,14H2,1-2H3. The molecule has 0 radical (unpaired) electrons. The van der Waals surface area contributed by atoms with Gasteiger partial charge in [-0.05, 0) is 32.3 Å². The lowest BCUT2D eigenvalue weighted by Crippen LogP contribution is -2.50. The van der Waals surface area contributed by atoms with Crippen LogP contribution >= 0.6 is 0 Å². The van der Waals surface area contributed by atoms with Crippen molar-refractivity contribution in [1.29, 1.82) is 0 Å². The lowest BCUT2D eigenvalue weighted by atomic mass is 9.75. The Morgan fingerprint density at radius 3 is 2.76 bits per heavy atom. The van der Waals surface area contributed by atoms with Gasteiger partial charge in [0.05, 0.1) is 6.26 Å². The molecule has 0 saturated heterocycles. The zero-order chi connectivity index (χ0) is 12.5. The summed E-state index contributed by atoms with van der Waals surface area (Å²) in [6.07, 6.45) is 5.20. The highest BCUT2D eigenvalue weighted by Crippen LogP contribution is 2.32. The molecular weight excluding hydrogens is 216 g/mol. The summed E-state index contributed by atoms with van der Waals surface area (Å²) in [6, 6.07) is 1.90. The van der Waals surface area contributed by atoms with E-state index in [2.05, 4.69) is 0 Å². The van der Waals surface area contributed by atoms with Gasteiger partial charge in [-0.1, -0.05) is 0 Å². The van der Waals surface area contributed by atoms with Gasteiger partial charge in [0, 0.05) is 31.1 Å². The average molecular weight is 236 g/mol. The van der Waals surface area contributed by atoms with Gasteiger partial charge < -0.3 is 15.1 Å². The SMILES string of the molecule is Cc1occc1CN(C)C(=O)CC1(N)CCC1. The smallest absolute Gasteiger partial charge is 0.224 e. The van der Waals surface area contributed by atoms with Crippen LogP contribution in [-0.2, 0) is 11.3 Å². The van der Waals surface area contributed by atoms with Gasteiger partial charge in [0.2, 0.25) is 5.91 Å². The van der Waals surface area contributed by atoms with Gasteiger partial charge in [-0.15, -0.1) is 0 Å². The first-order valence-corrected chi connectivity index (χ1v) is 6.06. The molecule has 1 aromatic heterocycles. The molecule has 1 amide bonds. The molecule has 4 nitrogen and oxygen atoms in total. The number of carbonyl (C=O) groups is 1. The molecule has 0 aromatic carbocycles. The van der Waals surface area contributed by atoms with Crippen molar-refractivity contribution in [3.63, 3.8) is 0 Å². The monoisotopic (exact) mass is 236 g/mol. The number of hydrogen-bond donors (Lipinski definition) is 1. The maximum absolute atomic E-state index is 12.0. The number of aryl methyl sites for hydroxylation is 1. The van der Waals surface area contributed by atoms with Crippen molar-refractivity contribution in [2.45, 2.75) is 44.7 Å². The van der Waals surface area contributed by atoms with Crippen molar-refractivity contribution >= 4 is 5.91 Å². The Balaban J connectivity index is 1.89. The van der Waals surface area contributed by atoms with Crippen LogP contribution in [0.3, 0.4) is 0 Å². The van der Waals surface area contributed by atoms with E-state index in [0.717, 1.165) is 30.6 Å². The summed E-state index contributed by atoms with van der Waals surface area (Å²) in [7, 11) is 1.82. The molecule has 2 rings (SSSR count). The summed E-state index contributed by atoms with van der Waals surface area (Å²) in [5, 5.41) is 0. The molecule has 2 N–H and O–H groups in total. The topological polar surface area (TPSA) is 59.5 Å². The first-order valence-electron chi connectivity index (χ1n) is 6.06. The van der Waals surface area contributed by atoms with Crippen LogP contribution in [0.25, 0.3) is 0 Å². The molecule has 1 saturated carbocycles. The third-order valence-electron chi connectivity index (χ3n) is 3.65. The molecule has 0 aliphatic heterocycles. The molecule has 0 spiro atoms. The van der Waals surface area contributed by atoms with E-state index < -0.39 is 0 Å². The number of carbonyl (C=O) groups excluding carboxylic acids is 1. The van der Waals surface area contributed by atoms with Gasteiger partial charge in [-0.25, -0.2) is 0 Å². The van der Waals surface area contributed by atoms with E-state index in [1.807, 2.05) is 20.0 Å². The molecule has 0 atom stereocenters. The van der Waals surface area contributed by atoms with E-state index in [1.165, 1.54) is 0 Å². The molecule has 4 heteroatoms. The Bertz CT molecular complexity index is 407. The molecule has 17 heavy (non-hydrogen) atoms. The van der Waals surface area contributed by atoms with Gasteiger partial charge in [0.25, 0.3) is 0 Å². The van der Waals surface area contributed by atoms with Gasteiger partial charge in [-0.2, -0.15) is 0 Å². The lowest BCUT2D eigenvalue weighted by molar-refractivity contribution is -0.132. The highest BCUT2D eigenvalue weighted by Gasteiger charge is 2.35. The maximum atomic E-state index is 12.0. The van der Waals surface area contributed by atoms with Crippen molar-refractivity contribution < 1.29 is 9.21 Å². The van der Waals surface area contributed by atoms with E-state index in [4.69, 9.17) is 10.2 Å². The lowest BCUT2D eigenvalue weighted by Gasteiger charge is -2.38. The second kappa shape index (κ2) is 4.53. The minimum absolute atomic E-state index is 0.118. The summed E-state index contributed by atoms with van der Waals surface area (Å²) in [5.41, 5.74) is 6.90. The molecule has 94 valence electrons. The van der Waals surface area contributed by atoms with Crippen molar-refractivity contribution in [1.82, 2.24) is 4.90 Å². The summed E-state index contributed by atoms with van der Waals surface area (Å²) in [4.78, 5) is 13.7. The zero-order valence-corrected chi connectivity index (χ0v) is 10.5. The van der Waals surface area contributed by atoms with E-state index >= 15 is 0 Å². The normalized spacial score (nSPS) is 17.6. The van der Waals surface area contributed by atoms with Gasteiger partial charge in [0.1, 0.15) is 5.76 Å². The largest absolute Gasteiger partial charge is 0.469 e. The summed E-state index contributed by atoms with van der Waals surface area (Å²) >= 11 is 0. The number of nitrogens with zero attached hydrogens (tertiary/aromatic N) is 1. The molecule has 1 aromatic rings. The summed E-state index contributed by atoms with van der Waals surface area (Å²) in [5.74, 6) is 0.989. The van der Waals surface area contributed by atoms with E-state index in [1.54, 1.807) is 11.2 Å². The Morgan fingerprint density at radius 2 is 2.29 bits per heavy atom. The van der Waals surface area contributed by atoms with Gasteiger partial charge in [0.15, 0.2) is 0 Å². The third-order valence-corrected chi connectivity index (χ3v) is 3.65. The van der Waals surface area contributed by atoms with E-state index in [9.17, 15) is 4.79 Å². The number of amides is 1. The predicted molar refractivity (Wildman–Crippen MR) is 65.3 cm³/mol.